The number of ether oxygens (including phenoxy) is 1. The highest BCUT2D eigenvalue weighted by Gasteiger charge is 2.11. The molecule has 0 spiro atoms. The molecule has 2 aromatic carbocycles. The van der Waals surface area contributed by atoms with Gasteiger partial charge < -0.3 is 15.2 Å². The summed E-state index contributed by atoms with van der Waals surface area (Å²) in [7, 11) is 0. The fourth-order valence-corrected chi connectivity index (χ4v) is 2.91. The number of unbranched alkanes of at least 4 members (excludes halogenated alkanes) is 1. The third-order valence-electron chi connectivity index (χ3n) is 4.35. The first-order chi connectivity index (χ1) is 14.1. The highest BCUT2D eigenvalue weighted by atomic mass is 16.5. The van der Waals surface area contributed by atoms with Crippen LogP contribution in [0.15, 0.2) is 48.5 Å². The number of rotatable bonds is 11. The molecule has 29 heavy (non-hydrogen) atoms. The van der Waals surface area contributed by atoms with Crippen molar-refractivity contribution in [2.75, 3.05) is 13.2 Å². The lowest BCUT2D eigenvalue weighted by Gasteiger charge is -2.11. The standard InChI is InChI=1S/C22H26N2O5/c25-16-24-22(28)21(27)23-13-4-3-9-17-7-1-2-8-18(17)10-6-14-29-20-12-5-11-19(26)15-20/h1-2,5,7-8,11-12,15-16,26H,3-4,6,9-10,13-14H2,(H,23,27)(H,24,25,28). The van der Waals surface area contributed by atoms with Gasteiger partial charge in [-0.1, -0.05) is 30.3 Å². The molecule has 0 fully saturated rings. The molecule has 0 radical (unpaired) electrons. The Morgan fingerprint density at radius 2 is 1.66 bits per heavy atom. The number of carbonyl (C=O) groups excluding carboxylic acids is 3. The van der Waals surface area contributed by atoms with Crippen molar-refractivity contribution in [2.24, 2.45) is 0 Å². The van der Waals surface area contributed by atoms with Crippen LogP contribution in [0.25, 0.3) is 0 Å². The minimum absolute atomic E-state index is 0.188. The number of imide groups is 1. The van der Waals surface area contributed by atoms with E-state index in [1.165, 1.54) is 11.1 Å². The number of hydrogen-bond acceptors (Lipinski definition) is 5. The Labute approximate surface area is 170 Å². The minimum Gasteiger partial charge on any atom is -0.508 e. The Morgan fingerprint density at radius 1 is 0.931 bits per heavy atom. The maximum absolute atomic E-state index is 11.4. The van der Waals surface area contributed by atoms with E-state index >= 15 is 0 Å². The summed E-state index contributed by atoms with van der Waals surface area (Å²) in [6.45, 7) is 0.942. The number of phenolic OH excluding ortho intramolecular Hbond substituents is 1. The predicted octanol–water partition coefficient (Wildman–Crippen LogP) is 2.12. The van der Waals surface area contributed by atoms with Crippen LogP contribution >= 0.6 is 0 Å². The van der Waals surface area contributed by atoms with Gasteiger partial charge in [0.25, 0.3) is 0 Å². The second-order valence-corrected chi connectivity index (χ2v) is 6.52. The Bertz CT molecular complexity index is 822. The van der Waals surface area contributed by atoms with Gasteiger partial charge in [0, 0.05) is 12.6 Å². The zero-order chi connectivity index (χ0) is 20.9. The first-order valence-corrected chi connectivity index (χ1v) is 9.61. The summed E-state index contributed by atoms with van der Waals surface area (Å²) >= 11 is 0. The molecule has 0 atom stereocenters. The highest BCUT2D eigenvalue weighted by Crippen LogP contribution is 2.18. The molecule has 0 aliphatic heterocycles. The van der Waals surface area contributed by atoms with E-state index in [2.05, 4.69) is 17.4 Å². The summed E-state index contributed by atoms with van der Waals surface area (Å²) < 4.78 is 5.67. The molecule has 2 rings (SSSR count). The highest BCUT2D eigenvalue weighted by molar-refractivity contribution is 6.36. The maximum Gasteiger partial charge on any atom is 0.315 e. The first-order valence-electron chi connectivity index (χ1n) is 9.61. The molecule has 0 aliphatic rings. The zero-order valence-electron chi connectivity index (χ0n) is 16.2. The molecule has 0 bridgehead atoms. The molecule has 3 N–H and O–H groups in total. The predicted molar refractivity (Wildman–Crippen MR) is 109 cm³/mol. The third kappa shape index (κ3) is 8.04. The fraction of sp³-hybridized carbons (Fsp3) is 0.318. The number of amides is 3. The van der Waals surface area contributed by atoms with Gasteiger partial charge in [0.2, 0.25) is 6.41 Å². The Morgan fingerprint density at radius 3 is 2.34 bits per heavy atom. The molecule has 154 valence electrons. The van der Waals surface area contributed by atoms with Crippen LogP contribution in [0.5, 0.6) is 11.5 Å². The van der Waals surface area contributed by atoms with Gasteiger partial charge in [-0.3, -0.25) is 19.7 Å². The monoisotopic (exact) mass is 398 g/mol. The molecular weight excluding hydrogens is 372 g/mol. The topological polar surface area (TPSA) is 105 Å². The molecule has 0 aliphatic carbocycles. The van der Waals surface area contributed by atoms with Gasteiger partial charge in [0.1, 0.15) is 11.5 Å². The number of phenols is 1. The van der Waals surface area contributed by atoms with Crippen LogP contribution in [0.1, 0.15) is 30.4 Å². The summed E-state index contributed by atoms with van der Waals surface area (Å²) in [4.78, 5) is 32.6. The van der Waals surface area contributed by atoms with Crippen LogP contribution in [0.4, 0.5) is 0 Å². The quantitative estimate of drug-likeness (QED) is 0.305. The van der Waals surface area contributed by atoms with Crippen LogP contribution in [-0.4, -0.2) is 36.5 Å². The smallest absolute Gasteiger partial charge is 0.315 e. The van der Waals surface area contributed by atoms with Crippen LogP contribution in [0.2, 0.25) is 0 Å². The van der Waals surface area contributed by atoms with Gasteiger partial charge in [-0.05, 0) is 55.4 Å². The van der Waals surface area contributed by atoms with Crippen molar-refractivity contribution in [1.29, 1.82) is 0 Å². The van der Waals surface area contributed by atoms with Crippen LogP contribution in [0, 0.1) is 0 Å². The lowest BCUT2D eigenvalue weighted by molar-refractivity contribution is -0.140. The molecule has 0 heterocycles. The van der Waals surface area contributed by atoms with E-state index in [-0.39, 0.29) is 12.2 Å². The van der Waals surface area contributed by atoms with Gasteiger partial charge in [0.15, 0.2) is 0 Å². The summed E-state index contributed by atoms with van der Waals surface area (Å²) in [6, 6.07) is 15.0. The number of aromatic hydroxyl groups is 1. The number of carbonyl (C=O) groups is 3. The minimum atomic E-state index is -0.946. The van der Waals surface area contributed by atoms with E-state index < -0.39 is 11.8 Å². The number of hydrogen-bond donors (Lipinski definition) is 3. The lowest BCUT2D eigenvalue weighted by atomic mass is 9.98. The second kappa shape index (κ2) is 12.2. The van der Waals surface area contributed by atoms with E-state index in [1.807, 2.05) is 18.2 Å². The lowest BCUT2D eigenvalue weighted by Crippen LogP contribution is -2.39. The third-order valence-corrected chi connectivity index (χ3v) is 4.35. The van der Waals surface area contributed by atoms with Gasteiger partial charge >= 0.3 is 11.8 Å². The Hall–Kier alpha value is -3.35. The second-order valence-electron chi connectivity index (χ2n) is 6.52. The van der Waals surface area contributed by atoms with Gasteiger partial charge in [-0.15, -0.1) is 0 Å². The number of nitrogens with one attached hydrogen (secondary N) is 2. The van der Waals surface area contributed by atoms with E-state index in [0.717, 1.165) is 32.1 Å². The van der Waals surface area contributed by atoms with Crippen molar-refractivity contribution in [1.82, 2.24) is 10.6 Å². The van der Waals surface area contributed by atoms with Gasteiger partial charge in [0.05, 0.1) is 6.61 Å². The van der Waals surface area contributed by atoms with Crippen molar-refractivity contribution < 1.29 is 24.2 Å². The molecule has 2 aromatic rings. The van der Waals surface area contributed by atoms with Crippen molar-refractivity contribution in [3.8, 4) is 11.5 Å². The summed E-state index contributed by atoms with van der Waals surface area (Å²) in [5.74, 6) is -0.905. The number of benzene rings is 2. The molecule has 0 saturated heterocycles. The molecule has 0 aromatic heterocycles. The van der Waals surface area contributed by atoms with Crippen molar-refractivity contribution in [3.05, 3.63) is 59.7 Å². The zero-order valence-corrected chi connectivity index (χ0v) is 16.2. The summed E-state index contributed by atoms with van der Waals surface area (Å²) in [5, 5.41) is 13.7. The van der Waals surface area contributed by atoms with Crippen LogP contribution in [-0.2, 0) is 27.2 Å². The van der Waals surface area contributed by atoms with Gasteiger partial charge in [-0.2, -0.15) is 0 Å². The summed E-state index contributed by atoms with van der Waals surface area (Å²) in [5.41, 5.74) is 2.52. The average molecular weight is 398 g/mol. The van der Waals surface area contributed by atoms with Crippen LogP contribution in [0.3, 0.4) is 0 Å². The van der Waals surface area contributed by atoms with E-state index in [4.69, 9.17) is 4.74 Å². The SMILES string of the molecule is O=CNC(=O)C(=O)NCCCCc1ccccc1CCCOc1cccc(O)c1. The molecule has 7 nitrogen and oxygen atoms in total. The normalized spacial score (nSPS) is 10.2. The maximum atomic E-state index is 11.4. The van der Waals surface area contributed by atoms with E-state index in [0.29, 0.717) is 18.9 Å². The number of aryl methyl sites for hydroxylation is 2. The molecule has 0 saturated carbocycles. The van der Waals surface area contributed by atoms with E-state index in [1.54, 1.807) is 23.5 Å². The molecule has 0 unspecified atom stereocenters. The Kier molecular flexibility index (Phi) is 9.21. The molecular formula is C22H26N2O5. The fourth-order valence-electron chi connectivity index (χ4n) is 2.91. The van der Waals surface area contributed by atoms with Crippen molar-refractivity contribution >= 4 is 18.2 Å². The van der Waals surface area contributed by atoms with Gasteiger partial charge in [-0.25, -0.2) is 0 Å². The average Bonchev–Trinajstić information content (AvgIpc) is 2.72. The largest absolute Gasteiger partial charge is 0.508 e. The Balaban J connectivity index is 1.69. The van der Waals surface area contributed by atoms with E-state index in [9.17, 15) is 19.5 Å². The van der Waals surface area contributed by atoms with Crippen molar-refractivity contribution in [3.63, 3.8) is 0 Å². The molecule has 3 amide bonds. The summed E-state index contributed by atoms with van der Waals surface area (Å²) in [6.07, 6.45) is 4.40. The van der Waals surface area contributed by atoms with Crippen molar-refractivity contribution in [2.45, 2.75) is 32.1 Å². The first kappa shape index (κ1) is 21.9. The van der Waals surface area contributed by atoms with Crippen LogP contribution < -0.4 is 15.4 Å². The molecule has 7 heteroatoms.